The zero-order chi connectivity index (χ0) is 19.4. The number of imidazole rings is 1. The van der Waals surface area contributed by atoms with Crippen LogP contribution in [-0.2, 0) is 22.6 Å². The largest absolute Gasteiger partial charge is 0.379 e. The Kier molecular flexibility index (Phi) is 8.33. The first-order chi connectivity index (χ1) is 13.8. The maximum absolute atomic E-state index is 5.68. The second-order valence-corrected chi connectivity index (χ2v) is 6.97. The molecule has 0 saturated carbocycles. The van der Waals surface area contributed by atoms with Crippen LogP contribution in [0.15, 0.2) is 48.0 Å². The molecule has 2 heterocycles. The summed E-state index contributed by atoms with van der Waals surface area (Å²) >= 11 is 0. The van der Waals surface area contributed by atoms with Crippen LogP contribution in [0.4, 0.5) is 0 Å². The van der Waals surface area contributed by atoms with Crippen molar-refractivity contribution in [2.45, 2.75) is 38.5 Å². The minimum Gasteiger partial charge on any atom is -0.379 e. The number of hydrogen-bond donors (Lipinski definition) is 2. The number of hydrogen-bond acceptors (Lipinski definition) is 4. The van der Waals surface area contributed by atoms with Crippen LogP contribution in [0.25, 0.3) is 0 Å². The Hall–Kier alpha value is -2.38. The summed E-state index contributed by atoms with van der Waals surface area (Å²) in [6.45, 7) is 4.73. The van der Waals surface area contributed by atoms with Crippen molar-refractivity contribution in [2.75, 3.05) is 33.4 Å². The number of aromatic nitrogens is 2. The van der Waals surface area contributed by atoms with Gasteiger partial charge in [0.25, 0.3) is 0 Å². The summed E-state index contributed by atoms with van der Waals surface area (Å²) in [7, 11) is 1.79. The number of rotatable bonds is 10. The van der Waals surface area contributed by atoms with Crippen LogP contribution in [-0.4, -0.2) is 55.0 Å². The summed E-state index contributed by atoms with van der Waals surface area (Å²) in [5, 5.41) is 6.68. The molecule has 2 aromatic rings. The highest BCUT2D eigenvalue weighted by Crippen LogP contribution is 2.11. The van der Waals surface area contributed by atoms with Crippen molar-refractivity contribution in [2.24, 2.45) is 4.99 Å². The highest BCUT2D eigenvalue weighted by molar-refractivity contribution is 5.79. The molecule has 1 fully saturated rings. The second kappa shape index (κ2) is 11.5. The lowest BCUT2D eigenvalue weighted by Gasteiger charge is -2.13. The molecule has 0 amide bonds. The summed E-state index contributed by atoms with van der Waals surface area (Å²) in [4.78, 5) is 8.35. The highest BCUT2D eigenvalue weighted by atomic mass is 16.5. The Morgan fingerprint density at radius 2 is 2.14 bits per heavy atom. The average Bonchev–Trinajstić information content (AvgIpc) is 3.42. The van der Waals surface area contributed by atoms with E-state index in [0.29, 0.717) is 12.7 Å². The van der Waals surface area contributed by atoms with E-state index in [2.05, 4.69) is 49.4 Å². The quantitative estimate of drug-likeness (QED) is 0.373. The van der Waals surface area contributed by atoms with E-state index in [0.717, 1.165) is 58.1 Å². The van der Waals surface area contributed by atoms with Gasteiger partial charge in [-0.2, -0.15) is 0 Å². The third kappa shape index (κ3) is 6.98. The molecule has 1 unspecified atom stereocenters. The molecule has 1 aliphatic heterocycles. The molecular formula is C21H31N5O2. The Labute approximate surface area is 167 Å². The predicted octanol–water partition coefficient (Wildman–Crippen LogP) is 2.18. The molecular weight excluding hydrogens is 354 g/mol. The monoisotopic (exact) mass is 385 g/mol. The molecule has 0 bridgehead atoms. The highest BCUT2D eigenvalue weighted by Gasteiger charge is 2.14. The molecule has 7 heteroatoms. The fourth-order valence-electron chi connectivity index (χ4n) is 3.13. The van der Waals surface area contributed by atoms with Gasteiger partial charge >= 0.3 is 0 Å². The smallest absolute Gasteiger partial charge is 0.191 e. The number of nitrogens with zero attached hydrogens (tertiary/aromatic N) is 3. The molecule has 3 rings (SSSR count). The van der Waals surface area contributed by atoms with Crippen LogP contribution in [0.5, 0.6) is 0 Å². The van der Waals surface area contributed by atoms with Gasteiger partial charge in [0, 0.05) is 52.3 Å². The number of ether oxygens (including phenoxy) is 2. The molecule has 1 aliphatic rings. The molecule has 0 radical (unpaired) electrons. The molecule has 2 N–H and O–H groups in total. The van der Waals surface area contributed by atoms with Crippen LogP contribution < -0.4 is 10.6 Å². The van der Waals surface area contributed by atoms with Gasteiger partial charge < -0.3 is 24.7 Å². The van der Waals surface area contributed by atoms with Gasteiger partial charge in [-0.3, -0.25) is 4.99 Å². The lowest BCUT2D eigenvalue weighted by Crippen LogP contribution is -2.37. The molecule has 28 heavy (non-hydrogen) atoms. The zero-order valence-corrected chi connectivity index (χ0v) is 16.6. The van der Waals surface area contributed by atoms with E-state index >= 15 is 0 Å². The first-order valence-corrected chi connectivity index (χ1v) is 10.0. The van der Waals surface area contributed by atoms with Gasteiger partial charge in [-0.1, -0.05) is 24.3 Å². The van der Waals surface area contributed by atoms with Gasteiger partial charge in [0.05, 0.1) is 19.0 Å². The summed E-state index contributed by atoms with van der Waals surface area (Å²) in [5.74, 6) is 0.807. The molecule has 1 aromatic heterocycles. The van der Waals surface area contributed by atoms with Crippen molar-refractivity contribution in [3.8, 4) is 0 Å². The minimum absolute atomic E-state index is 0.300. The molecule has 152 valence electrons. The standard InChI is InChI=1S/C21H31N5O2/c1-22-21(24-9-3-12-27-16-20-4-2-13-28-20)25-14-18-5-7-19(8-6-18)15-26-11-10-23-17-26/h5-8,10-11,17,20H,2-4,9,12-16H2,1H3,(H2,22,24,25). The van der Waals surface area contributed by atoms with E-state index in [-0.39, 0.29) is 0 Å². The third-order valence-electron chi connectivity index (χ3n) is 4.72. The van der Waals surface area contributed by atoms with Crippen LogP contribution in [0.1, 0.15) is 30.4 Å². The topological polar surface area (TPSA) is 72.7 Å². The van der Waals surface area contributed by atoms with E-state index in [1.807, 2.05) is 12.5 Å². The van der Waals surface area contributed by atoms with Crippen molar-refractivity contribution in [3.63, 3.8) is 0 Å². The first-order valence-electron chi connectivity index (χ1n) is 10.0. The van der Waals surface area contributed by atoms with Crippen molar-refractivity contribution < 1.29 is 9.47 Å². The summed E-state index contributed by atoms with van der Waals surface area (Å²) < 4.78 is 13.3. The Balaban J connectivity index is 1.29. The fraction of sp³-hybridized carbons (Fsp3) is 0.524. The van der Waals surface area contributed by atoms with Crippen LogP contribution in [0.2, 0.25) is 0 Å². The maximum Gasteiger partial charge on any atom is 0.191 e. The molecule has 7 nitrogen and oxygen atoms in total. The molecule has 1 aromatic carbocycles. The molecule has 1 atom stereocenters. The van der Waals surface area contributed by atoms with E-state index < -0.39 is 0 Å². The molecule has 1 saturated heterocycles. The Bertz CT molecular complexity index is 694. The lowest BCUT2D eigenvalue weighted by molar-refractivity contribution is 0.0168. The summed E-state index contributed by atoms with van der Waals surface area (Å²) in [6, 6.07) is 8.59. The van der Waals surface area contributed by atoms with Gasteiger partial charge in [0.1, 0.15) is 0 Å². The number of guanidine groups is 1. The number of benzene rings is 1. The fourth-order valence-corrected chi connectivity index (χ4v) is 3.13. The number of nitrogens with one attached hydrogen (secondary N) is 2. The molecule has 0 spiro atoms. The predicted molar refractivity (Wildman–Crippen MR) is 110 cm³/mol. The molecule has 0 aliphatic carbocycles. The zero-order valence-electron chi connectivity index (χ0n) is 16.6. The van der Waals surface area contributed by atoms with E-state index in [1.165, 1.54) is 11.1 Å². The third-order valence-corrected chi connectivity index (χ3v) is 4.72. The van der Waals surface area contributed by atoms with Crippen molar-refractivity contribution >= 4 is 5.96 Å². The van der Waals surface area contributed by atoms with Crippen molar-refractivity contribution in [1.82, 2.24) is 20.2 Å². The van der Waals surface area contributed by atoms with Crippen LogP contribution >= 0.6 is 0 Å². The number of aliphatic imine (C=N–C) groups is 1. The maximum atomic E-state index is 5.68. The summed E-state index contributed by atoms with van der Waals surface area (Å²) in [5.41, 5.74) is 2.48. The Morgan fingerprint density at radius 3 is 2.86 bits per heavy atom. The summed E-state index contributed by atoms with van der Waals surface area (Å²) in [6.07, 6.45) is 9.12. The Morgan fingerprint density at radius 1 is 1.29 bits per heavy atom. The van der Waals surface area contributed by atoms with Gasteiger partial charge in [-0.05, 0) is 30.4 Å². The normalized spacial score (nSPS) is 17.0. The first kappa shape index (κ1) is 20.4. The lowest BCUT2D eigenvalue weighted by atomic mass is 10.1. The SMILES string of the molecule is CN=C(NCCCOCC1CCCO1)NCc1ccc(Cn2ccnc2)cc1. The average molecular weight is 386 g/mol. The van der Waals surface area contributed by atoms with E-state index in [4.69, 9.17) is 9.47 Å². The van der Waals surface area contributed by atoms with Crippen molar-refractivity contribution in [1.29, 1.82) is 0 Å². The van der Waals surface area contributed by atoms with Crippen LogP contribution in [0.3, 0.4) is 0 Å². The van der Waals surface area contributed by atoms with Crippen LogP contribution in [0, 0.1) is 0 Å². The van der Waals surface area contributed by atoms with Crippen molar-refractivity contribution in [3.05, 3.63) is 54.1 Å². The van der Waals surface area contributed by atoms with E-state index in [9.17, 15) is 0 Å². The van der Waals surface area contributed by atoms with Gasteiger partial charge in [0.2, 0.25) is 0 Å². The van der Waals surface area contributed by atoms with Gasteiger partial charge in [0.15, 0.2) is 5.96 Å². The van der Waals surface area contributed by atoms with Gasteiger partial charge in [-0.15, -0.1) is 0 Å². The minimum atomic E-state index is 0.300. The second-order valence-electron chi connectivity index (χ2n) is 6.97. The van der Waals surface area contributed by atoms with Gasteiger partial charge in [-0.25, -0.2) is 4.98 Å². The van der Waals surface area contributed by atoms with E-state index in [1.54, 1.807) is 13.2 Å².